The minimum atomic E-state index is 0.175. The molecule has 1 rings (SSSR count). The van der Waals surface area contributed by atoms with Gasteiger partial charge in [-0.1, -0.05) is 10.8 Å². The van der Waals surface area contributed by atoms with E-state index in [1.54, 1.807) is 0 Å². The maximum absolute atomic E-state index is 10.6. The third-order valence-electron chi connectivity index (χ3n) is 1.37. The average molecular weight is 163 g/mol. The molecular weight excluding hydrogens is 154 g/mol. The maximum atomic E-state index is 10.6. The van der Waals surface area contributed by atoms with Crippen LogP contribution in [-0.4, -0.2) is 17.7 Å². The molecule has 0 aromatic rings. The van der Waals surface area contributed by atoms with Gasteiger partial charge in [-0.3, -0.25) is 4.79 Å². The second-order valence-electron chi connectivity index (χ2n) is 2.07. The summed E-state index contributed by atoms with van der Waals surface area (Å²) in [5.41, 5.74) is 0. The van der Waals surface area contributed by atoms with Gasteiger partial charge in [0.15, 0.2) is 0 Å². The molecule has 1 atom stereocenters. The maximum Gasteiger partial charge on any atom is 0.220 e. The van der Waals surface area contributed by atoms with Gasteiger partial charge in [-0.15, -0.1) is 11.7 Å². The van der Waals surface area contributed by atoms with Crippen molar-refractivity contribution in [1.82, 2.24) is 5.32 Å². The molecule has 1 aliphatic heterocycles. The van der Waals surface area contributed by atoms with Crippen LogP contribution in [0.5, 0.6) is 0 Å². The van der Waals surface area contributed by atoms with Crippen LogP contribution < -0.4 is 5.32 Å². The minimum Gasteiger partial charge on any atom is -0.355 e. The largest absolute Gasteiger partial charge is 0.355 e. The minimum absolute atomic E-state index is 0.175. The monoisotopic (exact) mass is 163 g/mol. The first-order valence-electron chi connectivity index (χ1n) is 2.90. The zero-order valence-electron chi connectivity index (χ0n) is 4.96. The van der Waals surface area contributed by atoms with Crippen molar-refractivity contribution in [3.8, 4) is 0 Å². The summed E-state index contributed by atoms with van der Waals surface area (Å²) < 4.78 is 0. The van der Waals surface area contributed by atoms with Crippen LogP contribution in [0.4, 0.5) is 0 Å². The molecule has 0 aromatic carbocycles. The Labute approximate surface area is 63.6 Å². The molecular formula is C5H9NOS2. The highest BCUT2D eigenvalue weighted by molar-refractivity contribution is 8.68. The Hall–Kier alpha value is 0.170. The number of carbonyl (C=O) groups is 1. The molecule has 1 fully saturated rings. The lowest BCUT2D eigenvalue weighted by atomic mass is 10.1. The van der Waals surface area contributed by atoms with Gasteiger partial charge in [0.1, 0.15) is 0 Å². The zero-order valence-corrected chi connectivity index (χ0v) is 6.67. The van der Waals surface area contributed by atoms with E-state index in [0.29, 0.717) is 11.7 Å². The van der Waals surface area contributed by atoms with Gasteiger partial charge in [0.25, 0.3) is 0 Å². The van der Waals surface area contributed by atoms with Crippen molar-refractivity contribution in [3.63, 3.8) is 0 Å². The van der Waals surface area contributed by atoms with Gasteiger partial charge in [-0.2, -0.15) is 0 Å². The molecule has 0 aromatic heterocycles. The smallest absolute Gasteiger partial charge is 0.220 e. The summed E-state index contributed by atoms with van der Waals surface area (Å²) in [5, 5.41) is 3.29. The van der Waals surface area contributed by atoms with Crippen LogP contribution in [0.1, 0.15) is 12.8 Å². The standard InChI is InChI=1S/C5H9NOS2/c7-5-2-1-4(9-8)3-6-5/h4,8H,1-3H2,(H,6,7)/t4-/m0/s1. The molecule has 1 amide bonds. The van der Waals surface area contributed by atoms with Crippen LogP contribution in [-0.2, 0) is 4.79 Å². The third-order valence-corrected chi connectivity index (χ3v) is 2.96. The van der Waals surface area contributed by atoms with Crippen molar-refractivity contribution in [1.29, 1.82) is 0 Å². The first-order valence-corrected chi connectivity index (χ1v) is 4.83. The van der Waals surface area contributed by atoms with Crippen molar-refractivity contribution in [3.05, 3.63) is 0 Å². The molecule has 2 nitrogen and oxygen atoms in total. The Morgan fingerprint density at radius 3 is 3.00 bits per heavy atom. The van der Waals surface area contributed by atoms with Gasteiger partial charge < -0.3 is 5.32 Å². The molecule has 0 saturated carbocycles. The molecule has 0 spiro atoms. The second kappa shape index (κ2) is 3.37. The number of thiol groups is 1. The quantitative estimate of drug-likeness (QED) is 0.443. The zero-order chi connectivity index (χ0) is 6.69. The van der Waals surface area contributed by atoms with E-state index in [9.17, 15) is 4.79 Å². The molecule has 4 heteroatoms. The first-order chi connectivity index (χ1) is 4.33. The first kappa shape index (κ1) is 7.28. The van der Waals surface area contributed by atoms with Crippen molar-refractivity contribution < 1.29 is 4.79 Å². The predicted molar refractivity (Wildman–Crippen MR) is 42.6 cm³/mol. The highest BCUT2D eigenvalue weighted by atomic mass is 33.1. The number of carbonyl (C=O) groups excluding carboxylic acids is 1. The van der Waals surface area contributed by atoms with Gasteiger partial charge in [0.05, 0.1) is 0 Å². The van der Waals surface area contributed by atoms with Crippen molar-refractivity contribution in [2.75, 3.05) is 6.54 Å². The lowest BCUT2D eigenvalue weighted by Crippen LogP contribution is -2.35. The summed E-state index contributed by atoms with van der Waals surface area (Å²) in [6.07, 6.45) is 1.64. The average Bonchev–Trinajstić information content (AvgIpc) is 1.90. The van der Waals surface area contributed by atoms with Crippen molar-refractivity contribution in [2.24, 2.45) is 0 Å². The van der Waals surface area contributed by atoms with E-state index in [1.165, 1.54) is 10.8 Å². The Morgan fingerprint density at radius 1 is 1.78 bits per heavy atom. The molecule has 1 aliphatic rings. The Bertz CT molecular complexity index is 108. The van der Waals surface area contributed by atoms with Crippen LogP contribution in [0, 0.1) is 0 Å². The van der Waals surface area contributed by atoms with Crippen LogP contribution in [0.15, 0.2) is 0 Å². The summed E-state index contributed by atoms with van der Waals surface area (Å²) in [6, 6.07) is 0. The van der Waals surface area contributed by atoms with Crippen molar-refractivity contribution >= 4 is 28.4 Å². The van der Waals surface area contributed by atoms with Crippen LogP contribution in [0.3, 0.4) is 0 Å². The number of hydrogen-bond donors (Lipinski definition) is 2. The SMILES string of the molecule is O=C1CC[C@H](SS)CN1. The predicted octanol–water partition coefficient (Wildman–Crippen LogP) is 0.843. The fourth-order valence-corrected chi connectivity index (χ4v) is 1.72. The van der Waals surface area contributed by atoms with E-state index in [1.807, 2.05) is 0 Å². The molecule has 1 saturated heterocycles. The number of hydrogen-bond acceptors (Lipinski definition) is 3. The number of rotatable bonds is 1. The Morgan fingerprint density at radius 2 is 2.56 bits per heavy atom. The lowest BCUT2D eigenvalue weighted by Gasteiger charge is -2.18. The summed E-state index contributed by atoms with van der Waals surface area (Å²) in [5.74, 6) is 0.175. The molecule has 0 bridgehead atoms. The molecule has 0 aliphatic carbocycles. The number of piperidine rings is 1. The summed E-state index contributed by atoms with van der Waals surface area (Å²) in [6.45, 7) is 0.785. The fourth-order valence-electron chi connectivity index (χ4n) is 0.800. The highest BCUT2D eigenvalue weighted by Gasteiger charge is 2.16. The van der Waals surface area contributed by atoms with Gasteiger partial charge in [0, 0.05) is 18.2 Å². The van der Waals surface area contributed by atoms with Crippen molar-refractivity contribution in [2.45, 2.75) is 18.1 Å². The van der Waals surface area contributed by atoms with E-state index in [-0.39, 0.29) is 5.91 Å². The molecule has 52 valence electrons. The van der Waals surface area contributed by atoms with Crippen LogP contribution >= 0.6 is 22.5 Å². The van der Waals surface area contributed by atoms with Crippen LogP contribution in [0.25, 0.3) is 0 Å². The Balaban J connectivity index is 2.26. The molecule has 0 unspecified atom stereocenters. The Kier molecular flexibility index (Phi) is 2.72. The number of amides is 1. The third kappa shape index (κ3) is 2.10. The van der Waals surface area contributed by atoms with E-state index in [2.05, 4.69) is 17.0 Å². The molecule has 1 heterocycles. The van der Waals surface area contributed by atoms with E-state index in [0.717, 1.165) is 13.0 Å². The van der Waals surface area contributed by atoms with Gasteiger partial charge in [-0.25, -0.2) is 0 Å². The number of nitrogens with one attached hydrogen (secondary N) is 1. The highest BCUT2D eigenvalue weighted by Crippen LogP contribution is 2.21. The van der Waals surface area contributed by atoms with Crippen LogP contribution in [0.2, 0.25) is 0 Å². The molecule has 0 radical (unpaired) electrons. The summed E-state index contributed by atoms with van der Waals surface area (Å²) >= 11 is 4.06. The lowest BCUT2D eigenvalue weighted by molar-refractivity contribution is -0.122. The summed E-state index contributed by atoms with van der Waals surface area (Å²) in [4.78, 5) is 10.6. The fraction of sp³-hybridized carbons (Fsp3) is 0.800. The molecule has 1 N–H and O–H groups in total. The van der Waals surface area contributed by atoms with Gasteiger partial charge in [-0.05, 0) is 6.42 Å². The molecule has 9 heavy (non-hydrogen) atoms. The van der Waals surface area contributed by atoms with Gasteiger partial charge >= 0.3 is 0 Å². The van der Waals surface area contributed by atoms with E-state index in [4.69, 9.17) is 0 Å². The topological polar surface area (TPSA) is 29.1 Å². The van der Waals surface area contributed by atoms with Gasteiger partial charge in [0.2, 0.25) is 5.91 Å². The normalized spacial score (nSPS) is 27.7. The van der Waals surface area contributed by atoms with E-state index < -0.39 is 0 Å². The summed E-state index contributed by atoms with van der Waals surface area (Å²) in [7, 11) is 1.53. The second-order valence-corrected chi connectivity index (χ2v) is 3.58. The van der Waals surface area contributed by atoms with E-state index >= 15 is 0 Å².